The van der Waals surface area contributed by atoms with Gasteiger partial charge in [-0.3, -0.25) is 0 Å². The van der Waals surface area contributed by atoms with Crippen molar-refractivity contribution in [2.45, 2.75) is 52.9 Å². The Hall–Kier alpha value is -1.97. The summed E-state index contributed by atoms with van der Waals surface area (Å²) in [4.78, 5) is 9.57. The molecule has 21 heavy (non-hydrogen) atoms. The van der Waals surface area contributed by atoms with Crippen molar-refractivity contribution in [3.8, 4) is 5.95 Å². The zero-order valence-corrected chi connectivity index (χ0v) is 12.9. The van der Waals surface area contributed by atoms with Gasteiger partial charge in [0.25, 0.3) is 5.95 Å². The van der Waals surface area contributed by atoms with Crippen LogP contribution in [0.1, 0.15) is 54.0 Å². The van der Waals surface area contributed by atoms with Gasteiger partial charge in [0.2, 0.25) is 0 Å². The van der Waals surface area contributed by atoms with Gasteiger partial charge in [0.1, 0.15) is 0 Å². The van der Waals surface area contributed by atoms with Gasteiger partial charge in [0.15, 0.2) is 0 Å². The first kappa shape index (κ1) is 12.7. The molecule has 0 bridgehead atoms. The first-order chi connectivity index (χ1) is 10.1. The Morgan fingerprint density at radius 2 is 1.86 bits per heavy atom. The second-order valence-corrected chi connectivity index (χ2v) is 6.24. The Morgan fingerprint density at radius 1 is 1.05 bits per heavy atom. The molecular weight excluding hydrogens is 260 g/mol. The molecule has 2 aliphatic carbocycles. The molecule has 0 radical (unpaired) electrons. The number of hydrogen-bond donors (Lipinski definition) is 0. The summed E-state index contributed by atoms with van der Waals surface area (Å²) in [5.74, 6) is 0.719. The lowest BCUT2D eigenvalue weighted by Crippen LogP contribution is -2.09. The minimum Gasteiger partial charge on any atom is -0.216 e. The summed E-state index contributed by atoms with van der Waals surface area (Å²) < 4.78 is 1.86. The lowest BCUT2D eigenvalue weighted by atomic mass is 9.91. The number of fused-ring (bicyclic) bond motifs is 2. The molecule has 0 saturated heterocycles. The summed E-state index contributed by atoms with van der Waals surface area (Å²) in [5.41, 5.74) is 8.86. The van der Waals surface area contributed by atoms with Crippen LogP contribution in [0.25, 0.3) is 11.5 Å². The molecule has 0 amide bonds. The first-order valence-electron chi connectivity index (χ1n) is 7.76. The van der Waals surface area contributed by atoms with Gasteiger partial charge in [-0.25, -0.2) is 14.6 Å². The van der Waals surface area contributed by atoms with Crippen molar-refractivity contribution in [1.29, 1.82) is 0 Å². The van der Waals surface area contributed by atoms with E-state index >= 15 is 0 Å². The molecule has 4 rings (SSSR count). The standard InChI is InChI=1S/C17H20N4/c1-10-8-11(2)21(20-10)17-18-12(3)16-14-7-5-4-6-13(14)9-15(16)19-17/h8H,4-7,9H2,1-3H3. The fourth-order valence-corrected chi connectivity index (χ4v) is 3.73. The van der Waals surface area contributed by atoms with E-state index in [0.29, 0.717) is 0 Å². The van der Waals surface area contributed by atoms with Crippen molar-refractivity contribution >= 4 is 5.57 Å². The Labute approximate surface area is 124 Å². The molecule has 0 atom stereocenters. The first-order valence-corrected chi connectivity index (χ1v) is 7.76. The van der Waals surface area contributed by atoms with Gasteiger partial charge in [-0.05, 0) is 58.1 Å². The van der Waals surface area contributed by atoms with E-state index in [0.717, 1.165) is 29.5 Å². The second kappa shape index (κ2) is 4.52. The number of aromatic nitrogens is 4. The summed E-state index contributed by atoms with van der Waals surface area (Å²) in [7, 11) is 0. The van der Waals surface area contributed by atoms with Gasteiger partial charge in [0.05, 0.1) is 17.1 Å². The predicted octanol–water partition coefficient (Wildman–Crippen LogP) is 3.47. The predicted molar refractivity (Wildman–Crippen MR) is 82.5 cm³/mol. The highest BCUT2D eigenvalue weighted by molar-refractivity contribution is 5.77. The molecular formula is C17H20N4. The topological polar surface area (TPSA) is 43.6 Å². The van der Waals surface area contributed by atoms with Crippen LogP contribution in [-0.2, 0) is 6.42 Å². The zero-order valence-electron chi connectivity index (χ0n) is 12.9. The molecule has 4 heteroatoms. The summed E-state index contributed by atoms with van der Waals surface area (Å²) in [5, 5.41) is 4.52. The minimum atomic E-state index is 0.719. The SMILES string of the molecule is Cc1cc(C)n(-c2nc(C)c3c(n2)CC2=C3CCCC2)n1. The third-order valence-electron chi connectivity index (χ3n) is 4.62. The summed E-state index contributed by atoms with van der Waals surface area (Å²) >= 11 is 0. The van der Waals surface area contributed by atoms with E-state index < -0.39 is 0 Å². The van der Waals surface area contributed by atoms with Gasteiger partial charge in [-0.15, -0.1) is 0 Å². The highest BCUT2D eigenvalue weighted by Gasteiger charge is 2.28. The smallest absolute Gasteiger partial charge is 0.216 e. The number of allylic oxidation sites excluding steroid dienone is 2. The van der Waals surface area contributed by atoms with Crippen LogP contribution >= 0.6 is 0 Å². The quantitative estimate of drug-likeness (QED) is 0.803. The van der Waals surface area contributed by atoms with Crippen molar-refractivity contribution in [1.82, 2.24) is 19.7 Å². The van der Waals surface area contributed by atoms with E-state index in [-0.39, 0.29) is 0 Å². The maximum absolute atomic E-state index is 4.83. The largest absolute Gasteiger partial charge is 0.251 e. The summed E-state index contributed by atoms with van der Waals surface area (Å²) in [6.07, 6.45) is 6.08. The second-order valence-electron chi connectivity index (χ2n) is 6.24. The maximum Gasteiger partial charge on any atom is 0.251 e. The maximum atomic E-state index is 4.83. The van der Waals surface area contributed by atoms with Gasteiger partial charge < -0.3 is 0 Å². The zero-order chi connectivity index (χ0) is 14.6. The van der Waals surface area contributed by atoms with Crippen LogP contribution in [0.3, 0.4) is 0 Å². The number of rotatable bonds is 1. The normalized spacial score (nSPS) is 17.1. The Kier molecular flexibility index (Phi) is 2.74. The molecule has 0 aromatic carbocycles. The monoisotopic (exact) mass is 280 g/mol. The van der Waals surface area contributed by atoms with Crippen LogP contribution in [0, 0.1) is 20.8 Å². The third kappa shape index (κ3) is 1.93. The van der Waals surface area contributed by atoms with Crippen molar-refractivity contribution < 1.29 is 0 Å². The third-order valence-corrected chi connectivity index (χ3v) is 4.62. The van der Waals surface area contributed by atoms with E-state index in [9.17, 15) is 0 Å². The van der Waals surface area contributed by atoms with Crippen molar-refractivity contribution in [2.75, 3.05) is 0 Å². The number of hydrogen-bond acceptors (Lipinski definition) is 3. The highest BCUT2D eigenvalue weighted by Crippen LogP contribution is 2.41. The van der Waals surface area contributed by atoms with Gasteiger partial charge in [0, 0.05) is 17.7 Å². The van der Waals surface area contributed by atoms with Crippen LogP contribution in [0.15, 0.2) is 11.6 Å². The highest BCUT2D eigenvalue weighted by atomic mass is 15.4. The fourth-order valence-electron chi connectivity index (χ4n) is 3.73. The van der Waals surface area contributed by atoms with E-state index in [1.807, 2.05) is 11.6 Å². The number of nitrogens with zero attached hydrogens (tertiary/aromatic N) is 4. The number of aryl methyl sites for hydroxylation is 3. The van der Waals surface area contributed by atoms with E-state index in [4.69, 9.17) is 9.97 Å². The molecule has 0 spiro atoms. The Bertz CT molecular complexity index is 767. The molecule has 0 aliphatic heterocycles. The summed E-state index contributed by atoms with van der Waals surface area (Å²) in [6, 6.07) is 2.06. The van der Waals surface area contributed by atoms with Crippen molar-refractivity contribution in [2.24, 2.45) is 0 Å². The average Bonchev–Trinajstić information content (AvgIpc) is 2.98. The molecule has 2 aromatic heterocycles. The van der Waals surface area contributed by atoms with Gasteiger partial charge >= 0.3 is 0 Å². The Balaban J connectivity index is 1.84. The van der Waals surface area contributed by atoms with Gasteiger partial charge in [-0.2, -0.15) is 5.10 Å². The Morgan fingerprint density at radius 3 is 2.62 bits per heavy atom. The van der Waals surface area contributed by atoms with Crippen LogP contribution in [0.4, 0.5) is 0 Å². The van der Waals surface area contributed by atoms with E-state index in [1.54, 1.807) is 5.57 Å². The molecule has 0 unspecified atom stereocenters. The molecule has 0 fully saturated rings. The molecule has 4 nitrogen and oxygen atoms in total. The molecule has 0 N–H and O–H groups in total. The van der Waals surface area contributed by atoms with Crippen LogP contribution in [0.5, 0.6) is 0 Å². The van der Waals surface area contributed by atoms with E-state index in [1.165, 1.54) is 42.5 Å². The molecule has 0 saturated carbocycles. The molecule has 2 aliphatic rings. The molecule has 2 heterocycles. The van der Waals surface area contributed by atoms with Crippen LogP contribution in [-0.4, -0.2) is 19.7 Å². The summed E-state index contributed by atoms with van der Waals surface area (Å²) in [6.45, 7) is 6.17. The minimum absolute atomic E-state index is 0.719. The fraction of sp³-hybridized carbons (Fsp3) is 0.471. The van der Waals surface area contributed by atoms with E-state index in [2.05, 4.69) is 25.0 Å². The average molecular weight is 280 g/mol. The van der Waals surface area contributed by atoms with Crippen molar-refractivity contribution in [3.63, 3.8) is 0 Å². The van der Waals surface area contributed by atoms with Crippen LogP contribution in [0.2, 0.25) is 0 Å². The molecule has 2 aromatic rings. The van der Waals surface area contributed by atoms with Crippen LogP contribution < -0.4 is 0 Å². The van der Waals surface area contributed by atoms with Gasteiger partial charge in [-0.1, -0.05) is 5.57 Å². The molecule has 108 valence electrons. The lowest BCUT2D eigenvalue weighted by molar-refractivity contribution is 0.709. The lowest BCUT2D eigenvalue weighted by Gasteiger charge is -2.15. The van der Waals surface area contributed by atoms with Crippen molar-refractivity contribution in [3.05, 3.63) is 40.0 Å².